The van der Waals surface area contributed by atoms with E-state index in [0.717, 1.165) is 47.2 Å². The largest absolute Gasteiger partial charge is 0.337 e. The second kappa shape index (κ2) is 7.56. The van der Waals surface area contributed by atoms with Crippen molar-refractivity contribution in [1.29, 1.82) is 0 Å². The summed E-state index contributed by atoms with van der Waals surface area (Å²) in [7, 11) is 4.10. The highest BCUT2D eigenvalue weighted by atomic mass is 16.2. The number of likely N-dealkylation sites (N-methyl/N-ethyl adjacent to an activating group) is 1. The molecule has 3 heterocycles. The van der Waals surface area contributed by atoms with Crippen molar-refractivity contribution in [1.82, 2.24) is 20.0 Å². The SMILES string of the molecule is CN(C)[C@@H]1CCN(C(=O)c2ccc3n[nH]c(C#Cc4cccc5c4NC(=O)C5)c3c2)C1. The van der Waals surface area contributed by atoms with E-state index in [0.29, 0.717) is 23.7 Å². The molecular formula is C24H23N5O2. The summed E-state index contributed by atoms with van der Waals surface area (Å²) in [6, 6.07) is 11.7. The van der Waals surface area contributed by atoms with Gasteiger partial charge < -0.3 is 15.1 Å². The third-order valence-electron chi connectivity index (χ3n) is 6.07. The second-order valence-corrected chi connectivity index (χ2v) is 8.30. The Hall–Kier alpha value is -3.63. The Morgan fingerprint density at radius 1 is 1.23 bits per heavy atom. The molecule has 2 N–H and O–H groups in total. The van der Waals surface area contributed by atoms with Crippen LogP contribution >= 0.6 is 0 Å². The van der Waals surface area contributed by atoms with Gasteiger partial charge in [-0.3, -0.25) is 14.7 Å². The first-order valence-electron chi connectivity index (χ1n) is 10.4. The summed E-state index contributed by atoms with van der Waals surface area (Å²) in [6.07, 6.45) is 1.37. The average Bonchev–Trinajstić information content (AvgIpc) is 3.48. The van der Waals surface area contributed by atoms with E-state index in [1.807, 2.05) is 41.3 Å². The summed E-state index contributed by atoms with van der Waals surface area (Å²) in [5.41, 5.74) is 4.57. The Morgan fingerprint density at radius 2 is 2.10 bits per heavy atom. The molecule has 3 aromatic rings. The molecule has 1 saturated heterocycles. The van der Waals surface area contributed by atoms with E-state index < -0.39 is 0 Å². The standard InChI is InChI=1S/C24H23N5O2/c1-28(2)18-10-11-29(14-18)24(31)17-7-9-21-19(12-17)20(26-27-21)8-6-15-4-3-5-16-13-22(30)25-23(15)16/h3-5,7,9,12,18H,10-11,13-14H2,1-2H3,(H,25,30)(H,26,27)/t18-/m1/s1. The van der Waals surface area contributed by atoms with Crippen molar-refractivity contribution < 1.29 is 9.59 Å². The summed E-state index contributed by atoms with van der Waals surface area (Å²) in [4.78, 5) is 28.8. The van der Waals surface area contributed by atoms with Crippen molar-refractivity contribution in [2.45, 2.75) is 18.9 Å². The Balaban J connectivity index is 1.44. The minimum Gasteiger partial charge on any atom is -0.337 e. The highest BCUT2D eigenvalue weighted by Crippen LogP contribution is 2.27. The van der Waals surface area contributed by atoms with Gasteiger partial charge in [0.25, 0.3) is 5.91 Å². The predicted octanol–water partition coefficient (Wildman–Crippen LogP) is 2.23. The van der Waals surface area contributed by atoms with Crippen LogP contribution in [0.15, 0.2) is 36.4 Å². The number of H-pyrrole nitrogens is 1. The zero-order valence-electron chi connectivity index (χ0n) is 17.5. The van der Waals surface area contributed by atoms with Crippen LogP contribution in [-0.4, -0.2) is 65.0 Å². The lowest BCUT2D eigenvalue weighted by atomic mass is 10.1. The van der Waals surface area contributed by atoms with E-state index in [2.05, 4.69) is 46.4 Å². The number of benzene rings is 2. The number of fused-ring (bicyclic) bond motifs is 2. The number of carbonyl (C=O) groups excluding carboxylic acids is 2. The lowest BCUT2D eigenvalue weighted by Gasteiger charge is -2.20. The summed E-state index contributed by atoms with van der Waals surface area (Å²) in [6.45, 7) is 1.51. The van der Waals surface area contributed by atoms with E-state index in [1.165, 1.54) is 0 Å². The number of nitrogens with zero attached hydrogens (tertiary/aromatic N) is 3. The summed E-state index contributed by atoms with van der Waals surface area (Å²) in [5.74, 6) is 6.30. The maximum absolute atomic E-state index is 13.0. The van der Waals surface area contributed by atoms with Gasteiger partial charge in [0.2, 0.25) is 5.91 Å². The van der Waals surface area contributed by atoms with Crippen molar-refractivity contribution in [2.24, 2.45) is 0 Å². The van der Waals surface area contributed by atoms with Crippen LogP contribution in [0.4, 0.5) is 5.69 Å². The molecule has 7 nitrogen and oxygen atoms in total. The molecule has 0 spiro atoms. The highest BCUT2D eigenvalue weighted by molar-refractivity contribution is 6.01. The molecule has 31 heavy (non-hydrogen) atoms. The van der Waals surface area contributed by atoms with Crippen LogP contribution in [0.2, 0.25) is 0 Å². The van der Waals surface area contributed by atoms with E-state index in [-0.39, 0.29) is 11.8 Å². The first-order valence-corrected chi connectivity index (χ1v) is 10.4. The molecule has 156 valence electrons. The van der Waals surface area contributed by atoms with Gasteiger partial charge in [-0.2, -0.15) is 5.10 Å². The van der Waals surface area contributed by atoms with Gasteiger partial charge in [-0.1, -0.05) is 18.1 Å². The molecule has 2 aromatic carbocycles. The predicted molar refractivity (Wildman–Crippen MR) is 119 cm³/mol. The summed E-state index contributed by atoms with van der Waals surface area (Å²) >= 11 is 0. The molecule has 1 fully saturated rings. The number of para-hydroxylation sites is 1. The van der Waals surface area contributed by atoms with Crippen LogP contribution < -0.4 is 5.32 Å². The zero-order valence-corrected chi connectivity index (χ0v) is 17.5. The van der Waals surface area contributed by atoms with Gasteiger partial charge in [-0.05, 0) is 56.3 Å². The highest BCUT2D eigenvalue weighted by Gasteiger charge is 2.28. The Morgan fingerprint density at radius 3 is 2.90 bits per heavy atom. The molecule has 0 saturated carbocycles. The molecule has 0 radical (unpaired) electrons. The van der Waals surface area contributed by atoms with Crippen LogP contribution in [0, 0.1) is 11.8 Å². The fourth-order valence-corrected chi connectivity index (χ4v) is 4.25. The van der Waals surface area contributed by atoms with Crippen molar-refractivity contribution in [3.8, 4) is 11.8 Å². The Kier molecular flexibility index (Phi) is 4.72. The van der Waals surface area contributed by atoms with Crippen LogP contribution in [0.3, 0.4) is 0 Å². The van der Waals surface area contributed by atoms with Crippen molar-refractivity contribution in [3.63, 3.8) is 0 Å². The van der Waals surface area contributed by atoms with Crippen LogP contribution in [-0.2, 0) is 11.2 Å². The van der Waals surface area contributed by atoms with Crippen molar-refractivity contribution in [3.05, 3.63) is 58.8 Å². The number of hydrogen-bond acceptors (Lipinski definition) is 4. The van der Waals surface area contributed by atoms with Crippen LogP contribution in [0.5, 0.6) is 0 Å². The maximum atomic E-state index is 13.0. The average molecular weight is 413 g/mol. The molecule has 0 aliphatic carbocycles. The minimum atomic E-state index is -0.0159. The maximum Gasteiger partial charge on any atom is 0.253 e. The molecule has 1 atom stereocenters. The van der Waals surface area contributed by atoms with Gasteiger partial charge in [0.15, 0.2) is 0 Å². The lowest BCUT2D eigenvalue weighted by Crippen LogP contribution is -2.34. The molecule has 1 aromatic heterocycles. The number of likely N-dealkylation sites (tertiary alicyclic amines) is 1. The molecule has 2 aliphatic rings. The van der Waals surface area contributed by atoms with E-state index in [1.54, 1.807) is 0 Å². The molecule has 7 heteroatoms. The normalized spacial score (nSPS) is 17.6. The second-order valence-electron chi connectivity index (χ2n) is 8.30. The van der Waals surface area contributed by atoms with Gasteiger partial charge in [0.05, 0.1) is 17.6 Å². The summed E-state index contributed by atoms with van der Waals surface area (Å²) < 4.78 is 0. The molecule has 0 unspecified atom stereocenters. The number of nitrogens with one attached hydrogen (secondary N) is 2. The fourth-order valence-electron chi connectivity index (χ4n) is 4.25. The topological polar surface area (TPSA) is 81.3 Å². The van der Waals surface area contributed by atoms with Gasteiger partial charge in [0, 0.05) is 35.6 Å². The van der Waals surface area contributed by atoms with Gasteiger partial charge in [-0.15, -0.1) is 0 Å². The monoisotopic (exact) mass is 413 g/mol. The molecule has 5 rings (SSSR count). The quantitative estimate of drug-likeness (QED) is 0.632. The Labute approximate surface area is 180 Å². The summed E-state index contributed by atoms with van der Waals surface area (Å²) in [5, 5.41) is 11.0. The van der Waals surface area contributed by atoms with Gasteiger partial charge >= 0.3 is 0 Å². The lowest BCUT2D eigenvalue weighted by molar-refractivity contribution is -0.115. The van der Waals surface area contributed by atoms with E-state index >= 15 is 0 Å². The van der Waals surface area contributed by atoms with E-state index in [4.69, 9.17) is 0 Å². The fraction of sp³-hybridized carbons (Fsp3) is 0.292. The Bertz CT molecular complexity index is 1260. The first-order chi connectivity index (χ1) is 15.0. The number of hydrogen-bond donors (Lipinski definition) is 2. The number of aromatic amines is 1. The number of rotatable bonds is 2. The number of anilines is 1. The number of aromatic nitrogens is 2. The molecule has 2 aliphatic heterocycles. The molecular weight excluding hydrogens is 390 g/mol. The van der Waals surface area contributed by atoms with E-state index in [9.17, 15) is 9.59 Å². The first kappa shape index (κ1) is 19.3. The van der Waals surface area contributed by atoms with Crippen LogP contribution in [0.25, 0.3) is 10.9 Å². The third-order valence-corrected chi connectivity index (χ3v) is 6.07. The van der Waals surface area contributed by atoms with Crippen LogP contribution in [0.1, 0.15) is 33.6 Å². The molecule has 0 bridgehead atoms. The van der Waals surface area contributed by atoms with Gasteiger partial charge in [0.1, 0.15) is 5.69 Å². The molecule has 2 amide bonds. The zero-order chi connectivity index (χ0) is 21.5. The minimum absolute atomic E-state index is 0.0159. The van der Waals surface area contributed by atoms with Crippen molar-refractivity contribution >= 4 is 28.4 Å². The number of amides is 2. The van der Waals surface area contributed by atoms with Crippen molar-refractivity contribution in [2.75, 3.05) is 32.5 Å². The number of carbonyl (C=O) groups is 2. The third kappa shape index (κ3) is 3.56. The smallest absolute Gasteiger partial charge is 0.253 e. The van der Waals surface area contributed by atoms with Gasteiger partial charge in [-0.25, -0.2) is 0 Å².